The van der Waals surface area contributed by atoms with Crippen molar-refractivity contribution >= 4 is 35.2 Å². The van der Waals surface area contributed by atoms with E-state index in [4.69, 9.17) is 14.3 Å². The molecular weight excluding hydrogens is 578 g/mol. The lowest BCUT2D eigenvalue weighted by molar-refractivity contribution is -0.186. The highest BCUT2D eigenvalue weighted by molar-refractivity contribution is 5.93. The van der Waals surface area contributed by atoms with Gasteiger partial charge in [-0.05, 0) is 60.4 Å². The van der Waals surface area contributed by atoms with Crippen LogP contribution >= 0.6 is 0 Å². The summed E-state index contributed by atoms with van der Waals surface area (Å²) in [5.74, 6) is 0.0449. The maximum Gasteiger partial charge on any atom is 0.326 e. The molecule has 2 unspecified atom stereocenters. The van der Waals surface area contributed by atoms with E-state index in [0.29, 0.717) is 57.1 Å². The summed E-state index contributed by atoms with van der Waals surface area (Å²) in [4.78, 5) is 56.6. The van der Waals surface area contributed by atoms with Crippen LogP contribution in [0, 0.1) is 0 Å². The molecule has 1 aromatic heterocycles. The van der Waals surface area contributed by atoms with Gasteiger partial charge in [0.25, 0.3) is 5.91 Å². The summed E-state index contributed by atoms with van der Waals surface area (Å²) >= 11 is 0. The van der Waals surface area contributed by atoms with Gasteiger partial charge < -0.3 is 24.3 Å². The zero-order valence-electron chi connectivity index (χ0n) is 25.6. The van der Waals surface area contributed by atoms with Gasteiger partial charge in [0.2, 0.25) is 12.3 Å². The highest BCUT2D eigenvalue weighted by Gasteiger charge is 2.32. The first-order valence-electron chi connectivity index (χ1n) is 15.1. The molecule has 0 radical (unpaired) electrons. The third kappa shape index (κ3) is 7.35. The quantitative estimate of drug-likeness (QED) is 0.145. The van der Waals surface area contributed by atoms with Crippen molar-refractivity contribution in [1.29, 1.82) is 0 Å². The van der Waals surface area contributed by atoms with Crippen LogP contribution in [0.4, 0.5) is 4.79 Å². The Balaban J connectivity index is 1.39. The fourth-order valence-corrected chi connectivity index (χ4v) is 5.83. The SMILES string of the molecule is C=CC(=O)NCCOc1ccc2c(c1)c1c(n2Cc2ccc(C(=O)NOC3CCCCO3)cc2)CN(C(=O)N(C)C=O)CC1C. The Kier molecular flexibility index (Phi) is 10.2. The monoisotopic (exact) mass is 617 g/mol. The van der Waals surface area contributed by atoms with Gasteiger partial charge in [-0.3, -0.25) is 19.3 Å². The predicted molar refractivity (Wildman–Crippen MR) is 166 cm³/mol. The number of benzene rings is 2. The van der Waals surface area contributed by atoms with Gasteiger partial charge in [0.15, 0.2) is 6.29 Å². The Labute approximate surface area is 261 Å². The molecule has 45 heavy (non-hydrogen) atoms. The zero-order valence-corrected chi connectivity index (χ0v) is 25.6. The molecule has 0 spiro atoms. The van der Waals surface area contributed by atoms with E-state index >= 15 is 0 Å². The number of rotatable bonds is 11. The van der Waals surface area contributed by atoms with E-state index in [2.05, 4.69) is 28.9 Å². The molecule has 2 aliphatic heterocycles. The Morgan fingerprint density at radius 2 is 1.96 bits per heavy atom. The lowest BCUT2D eigenvalue weighted by Gasteiger charge is -2.33. The van der Waals surface area contributed by atoms with Gasteiger partial charge in [-0.25, -0.2) is 15.1 Å². The molecule has 2 N–H and O–H groups in total. The van der Waals surface area contributed by atoms with Gasteiger partial charge in [-0.15, -0.1) is 0 Å². The second-order valence-electron chi connectivity index (χ2n) is 11.3. The van der Waals surface area contributed by atoms with Gasteiger partial charge in [0, 0.05) is 61.2 Å². The van der Waals surface area contributed by atoms with E-state index in [1.807, 2.05) is 30.3 Å². The maximum atomic E-state index is 13.0. The largest absolute Gasteiger partial charge is 0.492 e. The second-order valence-corrected chi connectivity index (χ2v) is 11.3. The van der Waals surface area contributed by atoms with Crippen LogP contribution in [-0.2, 0) is 32.3 Å². The Morgan fingerprint density at radius 3 is 2.67 bits per heavy atom. The number of fused-ring (bicyclic) bond motifs is 3. The first kappa shape index (κ1) is 31.7. The molecule has 3 aromatic rings. The molecule has 0 saturated carbocycles. The molecule has 12 nitrogen and oxygen atoms in total. The average Bonchev–Trinajstić information content (AvgIpc) is 3.38. The summed E-state index contributed by atoms with van der Waals surface area (Å²) in [5, 5.41) is 3.71. The van der Waals surface area contributed by atoms with Crippen LogP contribution in [0.25, 0.3) is 10.9 Å². The number of amides is 5. The number of aromatic nitrogens is 1. The van der Waals surface area contributed by atoms with Crippen molar-refractivity contribution in [2.24, 2.45) is 0 Å². The minimum atomic E-state index is -0.431. The first-order valence-corrected chi connectivity index (χ1v) is 15.1. The summed E-state index contributed by atoms with van der Waals surface area (Å²) in [6.07, 6.45) is 4.03. The summed E-state index contributed by atoms with van der Waals surface area (Å²) in [6, 6.07) is 12.8. The molecule has 5 rings (SSSR count). The molecule has 3 heterocycles. The van der Waals surface area contributed by atoms with E-state index < -0.39 is 6.29 Å². The van der Waals surface area contributed by atoms with Gasteiger partial charge in [0.05, 0.1) is 13.1 Å². The van der Waals surface area contributed by atoms with Crippen molar-refractivity contribution in [2.75, 3.05) is 33.4 Å². The van der Waals surface area contributed by atoms with E-state index in [-0.39, 0.29) is 23.8 Å². The van der Waals surface area contributed by atoms with E-state index in [1.54, 1.807) is 17.0 Å². The van der Waals surface area contributed by atoms with Crippen molar-refractivity contribution in [3.8, 4) is 5.75 Å². The molecule has 0 aliphatic carbocycles. The van der Waals surface area contributed by atoms with Crippen LogP contribution in [0.1, 0.15) is 59.3 Å². The minimum absolute atomic E-state index is 0.0113. The number of carbonyl (C=O) groups is 4. The second kappa shape index (κ2) is 14.4. The molecular formula is C33H39N5O7. The standard InChI is InChI=1S/C33H39N5O7/c1-4-29(40)34-14-16-43-25-12-13-27-26(17-25)31-22(2)18-37(33(42)36(3)21-39)20-28(31)38(27)19-23-8-10-24(11-9-23)32(41)35-45-30-7-5-6-15-44-30/h4,8-13,17,21-22,30H,1,5-7,14-16,18-20H2,2-3H3,(H,34,40)(H,35,41). The van der Waals surface area contributed by atoms with E-state index in [1.165, 1.54) is 13.1 Å². The third-order valence-electron chi connectivity index (χ3n) is 8.08. The first-order chi connectivity index (χ1) is 21.8. The van der Waals surface area contributed by atoms with Crippen LogP contribution in [0.3, 0.4) is 0 Å². The highest BCUT2D eigenvalue weighted by Crippen LogP contribution is 2.39. The molecule has 238 valence electrons. The van der Waals surface area contributed by atoms with Crippen molar-refractivity contribution in [3.63, 3.8) is 0 Å². The number of nitrogens with zero attached hydrogens (tertiary/aromatic N) is 3. The molecule has 2 aromatic carbocycles. The number of hydrogen-bond acceptors (Lipinski definition) is 7. The topological polar surface area (TPSA) is 131 Å². The van der Waals surface area contributed by atoms with Gasteiger partial charge in [-0.2, -0.15) is 0 Å². The van der Waals surface area contributed by atoms with Crippen LogP contribution in [-0.4, -0.2) is 78.3 Å². The summed E-state index contributed by atoms with van der Waals surface area (Å²) in [6.45, 7) is 8.05. The third-order valence-corrected chi connectivity index (χ3v) is 8.08. The Bertz CT molecular complexity index is 1560. The number of nitrogens with one attached hydrogen (secondary N) is 2. The number of imide groups is 1. The fourth-order valence-electron chi connectivity index (χ4n) is 5.83. The minimum Gasteiger partial charge on any atom is -0.492 e. The molecule has 5 amide bonds. The lowest BCUT2D eigenvalue weighted by Crippen LogP contribution is -2.44. The van der Waals surface area contributed by atoms with Crippen LogP contribution < -0.4 is 15.5 Å². The molecule has 0 bridgehead atoms. The summed E-state index contributed by atoms with van der Waals surface area (Å²) < 4.78 is 13.6. The number of hydroxylamine groups is 1. The number of hydrogen-bond donors (Lipinski definition) is 2. The van der Waals surface area contributed by atoms with E-state index in [9.17, 15) is 19.2 Å². The zero-order chi connectivity index (χ0) is 31.9. The number of ether oxygens (including phenoxy) is 2. The Hall–Kier alpha value is -4.68. The highest BCUT2D eigenvalue weighted by atomic mass is 16.8. The predicted octanol–water partition coefficient (Wildman–Crippen LogP) is 3.69. The fraction of sp³-hybridized carbons (Fsp3) is 0.394. The molecule has 12 heteroatoms. The van der Waals surface area contributed by atoms with Gasteiger partial charge in [-0.1, -0.05) is 25.6 Å². The van der Waals surface area contributed by atoms with Gasteiger partial charge in [0.1, 0.15) is 12.4 Å². The van der Waals surface area contributed by atoms with E-state index in [0.717, 1.165) is 51.9 Å². The summed E-state index contributed by atoms with van der Waals surface area (Å²) in [5.41, 5.74) is 6.97. The number of carbonyl (C=O) groups excluding carboxylic acids is 4. The van der Waals surface area contributed by atoms with Crippen molar-refractivity contribution in [2.45, 2.75) is 51.5 Å². The van der Waals surface area contributed by atoms with Crippen molar-refractivity contribution < 1.29 is 33.5 Å². The van der Waals surface area contributed by atoms with Crippen LogP contribution in [0.5, 0.6) is 5.75 Å². The molecule has 2 aliphatic rings. The van der Waals surface area contributed by atoms with Crippen molar-refractivity contribution in [1.82, 2.24) is 25.2 Å². The average molecular weight is 618 g/mol. The van der Waals surface area contributed by atoms with Crippen LogP contribution in [0.2, 0.25) is 0 Å². The molecule has 2 atom stereocenters. The molecule has 1 fully saturated rings. The number of urea groups is 1. The maximum absolute atomic E-state index is 13.0. The lowest BCUT2D eigenvalue weighted by atomic mass is 9.93. The van der Waals surface area contributed by atoms with Crippen molar-refractivity contribution in [3.05, 3.63) is 77.5 Å². The smallest absolute Gasteiger partial charge is 0.326 e. The molecule has 1 saturated heterocycles. The van der Waals surface area contributed by atoms with Gasteiger partial charge >= 0.3 is 6.03 Å². The normalized spacial score (nSPS) is 17.7. The summed E-state index contributed by atoms with van der Waals surface area (Å²) in [7, 11) is 1.46. The Morgan fingerprint density at radius 1 is 1.16 bits per heavy atom. The van der Waals surface area contributed by atoms with Crippen LogP contribution in [0.15, 0.2) is 55.1 Å².